The highest BCUT2D eigenvalue weighted by atomic mass is 15.1. The van der Waals surface area contributed by atoms with Gasteiger partial charge in [-0.1, -0.05) is 68.3 Å². The number of allylic oxidation sites excluding steroid dienone is 6. The fraction of sp³-hybridized carbons (Fsp3) is 0.444. The smallest absolute Gasteiger partial charge is 0.0421 e. The second-order valence-electron chi connectivity index (χ2n) is 11.9. The van der Waals surface area contributed by atoms with Crippen LogP contribution in [0.2, 0.25) is 0 Å². The predicted molar refractivity (Wildman–Crippen MR) is 171 cm³/mol. The number of rotatable bonds is 12. The van der Waals surface area contributed by atoms with Crippen LogP contribution >= 0.6 is 0 Å². The van der Waals surface area contributed by atoms with Crippen LogP contribution in [0.5, 0.6) is 0 Å². The molecule has 0 aliphatic heterocycles. The van der Waals surface area contributed by atoms with Gasteiger partial charge < -0.3 is 10.2 Å². The topological polar surface area (TPSA) is 15.3 Å². The third-order valence-corrected chi connectivity index (χ3v) is 7.79. The molecule has 0 aromatic heterocycles. The molecule has 1 aliphatic rings. The molecule has 2 heteroatoms. The third-order valence-electron chi connectivity index (χ3n) is 7.79. The Morgan fingerprint density at radius 1 is 1.08 bits per heavy atom. The fourth-order valence-corrected chi connectivity index (χ4v) is 5.33. The maximum atomic E-state index is 3.84. The Morgan fingerprint density at radius 2 is 1.79 bits per heavy atom. The fourth-order valence-electron chi connectivity index (χ4n) is 5.33. The number of para-hydroxylation sites is 1. The monoisotopic (exact) mass is 510 g/mol. The first-order valence-corrected chi connectivity index (χ1v) is 14.5. The lowest BCUT2D eigenvalue weighted by molar-refractivity contribution is 0.419. The molecule has 0 spiro atoms. The van der Waals surface area contributed by atoms with Gasteiger partial charge in [-0.2, -0.15) is 0 Å². The van der Waals surface area contributed by atoms with Gasteiger partial charge in [-0.05, 0) is 113 Å². The number of hydrogen-bond donors (Lipinski definition) is 1. The summed E-state index contributed by atoms with van der Waals surface area (Å²) in [5.41, 5.74) is 10.9. The first kappa shape index (κ1) is 29.6. The van der Waals surface area contributed by atoms with Gasteiger partial charge in [0, 0.05) is 35.7 Å². The standard InChI is InChI=1S/C36H50N2/c1-9-10-11-12-13-15-18-28(4)34-25-30(29(5)23-35(34)37-27(2)3)24-31-21-22-33(26-36(31,6)7)38(8)32-19-16-14-17-20-32/h9,14,16-20,22-25,27,37H,1,10-13,15,21,26H2,2-8H3/b28-18-,31-24+. The van der Waals surface area contributed by atoms with Crippen LogP contribution in [-0.4, -0.2) is 13.1 Å². The summed E-state index contributed by atoms with van der Waals surface area (Å²) in [6.45, 7) is 17.6. The molecule has 0 heterocycles. The van der Waals surface area contributed by atoms with Crippen molar-refractivity contribution in [3.63, 3.8) is 0 Å². The van der Waals surface area contributed by atoms with Crippen LogP contribution in [0.3, 0.4) is 0 Å². The molecule has 0 saturated heterocycles. The summed E-state index contributed by atoms with van der Waals surface area (Å²) in [7, 11) is 2.19. The number of aryl methyl sites for hydroxylation is 1. The summed E-state index contributed by atoms with van der Waals surface area (Å²) in [5.74, 6) is 0. The molecule has 0 bridgehead atoms. The van der Waals surface area contributed by atoms with Gasteiger partial charge in [-0.15, -0.1) is 6.58 Å². The van der Waals surface area contributed by atoms with E-state index >= 15 is 0 Å². The van der Waals surface area contributed by atoms with Gasteiger partial charge in [0.15, 0.2) is 0 Å². The molecule has 0 radical (unpaired) electrons. The molecule has 0 atom stereocenters. The summed E-state index contributed by atoms with van der Waals surface area (Å²) < 4.78 is 0. The summed E-state index contributed by atoms with van der Waals surface area (Å²) in [4.78, 5) is 2.35. The van der Waals surface area contributed by atoms with E-state index in [-0.39, 0.29) is 5.41 Å². The van der Waals surface area contributed by atoms with Crippen molar-refractivity contribution in [1.29, 1.82) is 0 Å². The minimum atomic E-state index is 0.102. The summed E-state index contributed by atoms with van der Waals surface area (Å²) in [5, 5.41) is 3.71. The molecule has 204 valence electrons. The zero-order valence-electron chi connectivity index (χ0n) is 25.0. The first-order valence-electron chi connectivity index (χ1n) is 14.5. The molecule has 1 N–H and O–H groups in total. The molecule has 2 nitrogen and oxygen atoms in total. The van der Waals surface area contributed by atoms with Gasteiger partial charge in [-0.25, -0.2) is 0 Å². The van der Waals surface area contributed by atoms with Crippen molar-refractivity contribution >= 4 is 23.0 Å². The summed E-state index contributed by atoms with van der Waals surface area (Å²) in [6.07, 6.45) is 17.4. The number of anilines is 2. The summed E-state index contributed by atoms with van der Waals surface area (Å²) >= 11 is 0. The van der Waals surface area contributed by atoms with Crippen LogP contribution in [-0.2, 0) is 0 Å². The zero-order valence-corrected chi connectivity index (χ0v) is 25.0. The lowest BCUT2D eigenvalue weighted by atomic mass is 9.73. The predicted octanol–water partition coefficient (Wildman–Crippen LogP) is 10.6. The number of benzene rings is 2. The van der Waals surface area contributed by atoms with Crippen LogP contribution in [0.25, 0.3) is 11.6 Å². The van der Waals surface area contributed by atoms with Crippen LogP contribution in [0.4, 0.5) is 11.4 Å². The highest BCUT2D eigenvalue weighted by Gasteiger charge is 2.29. The van der Waals surface area contributed by atoms with E-state index in [9.17, 15) is 0 Å². The molecule has 0 saturated carbocycles. The molecular formula is C36H50N2. The largest absolute Gasteiger partial charge is 0.382 e. The average molecular weight is 511 g/mol. The SMILES string of the molecule is C=CCCCCC/C=C(/C)c1cc(/C=C2\CC=C(N(C)c3ccccc3)CC2(C)C)c(C)cc1NC(C)C. The molecule has 2 aromatic carbocycles. The highest BCUT2D eigenvalue weighted by Crippen LogP contribution is 2.43. The minimum absolute atomic E-state index is 0.102. The average Bonchev–Trinajstić information content (AvgIpc) is 2.88. The van der Waals surface area contributed by atoms with Gasteiger partial charge in [0.1, 0.15) is 0 Å². The molecule has 3 rings (SSSR count). The van der Waals surface area contributed by atoms with Crippen molar-refractivity contribution in [2.75, 3.05) is 17.3 Å². The number of unbranched alkanes of at least 4 members (excludes halogenated alkanes) is 4. The van der Waals surface area contributed by atoms with Crippen LogP contribution < -0.4 is 10.2 Å². The molecule has 2 aromatic rings. The second-order valence-corrected chi connectivity index (χ2v) is 11.9. The Labute approximate surface area is 233 Å². The second kappa shape index (κ2) is 13.7. The Bertz CT molecular complexity index is 1160. The number of nitrogens with one attached hydrogen (secondary N) is 1. The van der Waals surface area contributed by atoms with Crippen molar-refractivity contribution < 1.29 is 0 Å². The first-order chi connectivity index (χ1) is 18.1. The van der Waals surface area contributed by atoms with Crippen molar-refractivity contribution in [3.8, 4) is 0 Å². The van der Waals surface area contributed by atoms with E-state index in [1.165, 1.54) is 64.2 Å². The highest BCUT2D eigenvalue weighted by molar-refractivity contribution is 5.79. The molecule has 0 unspecified atom stereocenters. The third kappa shape index (κ3) is 8.00. The van der Waals surface area contributed by atoms with Crippen LogP contribution in [0.1, 0.15) is 96.3 Å². The minimum Gasteiger partial charge on any atom is -0.382 e. The van der Waals surface area contributed by atoms with E-state index in [1.54, 1.807) is 0 Å². The van der Waals surface area contributed by atoms with Crippen LogP contribution in [0, 0.1) is 12.3 Å². The molecule has 1 aliphatic carbocycles. The molecule has 0 amide bonds. The summed E-state index contributed by atoms with van der Waals surface area (Å²) in [6, 6.07) is 15.9. The van der Waals surface area contributed by atoms with Crippen molar-refractivity contribution in [1.82, 2.24) is 0 Å². The molecule has 0 fully saturated rings. The Kier molecular flexibility index (Phi) is 10.6. The Balaban J connectivity index is 1.88. The van der Waals surface area contributed by atoms with Crippen molar-refractivity contribution in [2.24, 2.45) is 5.41 Å². The zero-order chi connectivity index (χ0) is 27.7. The van der Waals surface area contributed by atoms with Gasteiger partial charge >= 0.3 is 0 Å². The Morgan fingerprint density at radius 3 is 2.45 bits per heavy atom. The van der Waals surface area contributed by atoms with E-state index < -0.39 is 0 Å². The van der Waals surface area contributed by atoms with Gasteiger partial charge in [-0.3, -0.25) is 0 Å². The van der Waals surface area contributed by atoms with Gasteiger partial charge in [0.05, 0.1) is 0 Å². The number of nitrogens with zero attached hydrogens (tertiary/aromatic N) is 1. The van der Waals surface area contributed by atoms with Crippen molar-refractivity contribution in [3.05, 3.63) is 95.2 Å². The Hall–Kier alpha value is -3.00. The maximum absolute atomic E-state index is 3.84. The van der Waals surface area contributed by atoms with E-state index in [0.717, 1.165) is 25.7 Å². The normalized spacial score (nSPS) is 16.5. The molecule has 38 heavy (non-hydrogen) atoms. The van der Waals surface area contributed by atoms with E-state index in [4.69, 9.17) is 0 Å². The number of hydrogen-bond acceptors (Lipinski definition) is 2. The van der Waals surface area contributed by atoms with E-state index in [2.05, 4.69) is 126 Å². The lowest BCUT2D eigenvalue weighted by Crippen LogP contribution is -2.27. The quantitative estimate of drug-likeness (QED) is 0.226. The van der Waals surface area contributed by atoms with E-state index in [0.29, 0.717) is 6.04 Å². The lowest BCUT2D eigenvalue weighted by Gasteiger charge is -2.37. The van der Waals surface area contributed by atoms with E-state index in [1.807, 2.05) is 6.08 Å². The maximum Gasteiger partial charge on any atom is 0.0421 e. The van der Waals surface area contributed by atoms with Gasteiger partial charge in [0.2, 0.25) is 0 Å². The van der Waals surface area contributed by atoms with Crippen molar-refractivity contribution in [2.45, 2.75) is 92.5 Å². The van der Waals surface area contributed by atoms with Gasteiger partial charge in [0.25, 0.3) is 0 Å². The molecular weight excluding hydrogens is 460 g/mol. The van der Waals surface area contributed by atoms with Crippen LogP contribution in [0.15, 0.2) is 78.5 Å².